The minimum Gasteiger partial charge on any atom is -0.394 e. The monoisotopic (exact) mass is 544 g/mol. The maximum Gasteiger partial charge on any atom is 0.217 e. The maximum absolute atomic E-state index is 11.6. The van der Waals surface area contributed by atoms with Gasteiger partial charge in [-0.25, -0.2) is 0 Å². The van der Waals surface area contributed by atoms with Crippen molar-refractivity contribution in [3.05, 3.63) is 0 Å². The second-order valence-electron chi connectivity index (χ2n) is 9.20. The summed E-state index contributed by atoms with van der Waals surface area (Å²) >= 11 is 0. The summed E-state index contributed by atoms with van der Waals surface area (Å²) in [5.74, 6) is -0.602. The summed E-state index contributed by atoms with van der Waals surface area (Å²) in [7, 11) is 0. The Kier molecular flexibility index (Phi) is 10.5. The van der Waals surface area contributed by atoms with E-state index in [4.69, 9.17) is 29.4 Å². The first-order valence-electron chi connectivity index (χ1n) is 11.7. The molecule has 0 aliphatic carbocycles. The Bertz CT molecular complexity index is 749. The minimum absolute atomic E-state index is 0.505. The number of hydrogen-bond acceptors (Lipinski definition) is 16. The number of carbonyl (C=O) groups is 1. The van der Waals surface area contributed by atoms with Gasteiger partial charge in [-0.3, -0.25) is 4.79 Å². The molecule has 3 aliphatic rings. The van der Waals surface area contributed by atoms with Crippen LogP contribution in [0, 0.1) is 0 Å². The van der Waals surface area contributed by atoms with E-state index < -0.39 is 118 Å². The average molecular weight is 545 g/mol. The molecule has 0 radical (unpaired) electrons. The molecule has 0 spiro atoms. The van der Waals surface area contributed by atoms with E-state index >= 15 is 0 Å². The highest BCUT2D eigenvalue weighted by Crippen LogP contribution is 2.30. The van der Waals surface area contributed by atoms with Crippen LogP contribution in [0.15, 0.2) is 0 Å². The van der Waals surface area contributed by atoms with Crippen molar-refractivity contribution in [2.75, 3.05) is 19.8 Å². The van der Waals surface area contributed by atoms with Crippen molar-refractivity contribution in [3.8, 4) is 0 Å². The van der Waals surface area contributed by atoms with E-state index in [-0.39, 0.29) is 0 Å². The Morgan fingerprint density at radius 2 is 1.38 bits per heavy atom. The number of rotatable bonds is 8. The van der Waals surface area contributed by atoms with Gasteiger partial charge in [-0.05, 0) is 0 Å². The zero-order valence-electron chi connectivity index (χ0n) is 19.8. The summed E-state index contributed by atoms with van der Waals surface area (Å²) < 4.78 is 27.3. The molecule has 3 aliphatic heterocycles. The van der Waals surface area contributed by atoms with Crippen LogP contribution >= 0.6 is 0 Å². The number of amides is 1. The molecule has 0 unspecified atom stereocenters. The van der Waals surface area contributed by atoms with Gasteiger partial charge in [0.2, 0.25) is 5.91 Å². The summed E-state index contributed by atoms with van der Waals surface area (Å²) in [6.07, 6.45) is -19.9. The normalized spacial score (nSPS) is 49.0. The quantitative estimate of drug-likeness (QED) is 0.135. The summed E-state index contributed by atoms with van der Waals surface area (Å²) in [4.78, 5) is 11.6. The smallest absolute Gasteiger partial charge is 0.217 e. The summed E-state index contributed by atoms with van der Waals surface area (Å²) in [5, 5.41) is 92.2. The second kappa shape index (κ2) is 12.8. The minimum atomic E-state index is -1.80. The van der Waals surface area contributed by atoms with Gasteiger partial charge in [0.25, 0.3) is 0 Å². The molecule has 1 amide bonds. The van der Waals surface area contributed by atoms with Crippen LogP contribution in [-0.2, 0) is 28.5 Å². The van der Waals surface area contributed by atoms with Crippen LogP contribution < -0.4 is 11.1 Å². The van der Waals surface area contributed by atoms with Gasteiger partial charge in [-0.15, -0.1) is 0 Å². The lowest BCUT2D eigenvalue weighted by atomic mass is 9.95. The van der Waals surface area contributed by atoms with Gasteiger partial charge in [-0.2, -0.15) is 0 Å². The lowest BCUT2D eigenvalue weighted by molar-refractivity contribution is -0.338. The van der Waals surface area contributed by atoms with Gasteiger partial charge in [0.05, 0.1) is 25.9 Å². The van der Waals surface area contributed by atoms with Crippen molar-refractivity contribution in [2.45, 2.75) is 98.9 Å². The van der Waals surface area contributed by atoms with Crippen molar-refractivity contribution in [2.24, 2.45) is 5.73 Å². The highest BCUT2D eigenvalue weighted by Gasteiger charge is 2.51. The molecule has 17 heteroatoms. The van der Waals surface area contributed by atoms with Crippen LogP contribution in [0.3, 0.4) is 0 Å². The molecule has 0 bridgehead atoms. The van der Waals surface area contributed by atoms with Gasteiger partial charge < -0.3 is 80.7 Å². The first-order chi connectivity index (χ1) is 17.4. The number of carbonyl (C=O) groups excluding carboxylic acids is 1. The zero-order chi connectivity index (χ0) is 27.6. The van der Waals surface area contributed by atoms with Gasteiger partial charge >= 0.3 is 0 Å². The van der Waals surface area contributed by atoms with Crippen LogP contribution in [-0.4, -0.2) is 164 Å². The number of hydrogen-bond donors (Lipinski definition) is 11. The molecular formula is C20H36N2O15. The van der Waals surface area contributed by atoms with Crippen LogP contribution in [0.25, 0.3) is 0 Å². The molecule has 3 fully saturated rings. The van der Waals surface area contributed by atoms with E-state index in [0.29, 0.717) is 0 Å². The molecule has 0 aromatic rings. The number of aliphatic hydroxyl groups excluding tert-OH is 9. The predicted molar refractivity (Wildman–Crippen MR) is 115 cm³/mol. The first kappa shape index (κ1) is 30.4. The van der Waals surface area contributed by atoms with E-state index in [9.17, 15) is 50.8 Å². The molecule has 12 N–H and O–H groups in total. The SMILES string of the molecule is CC(=O)N[C@H]1[C@H](O[C@H]2[C@@H](O)[C@@H](N)[C@H](OC[C@@H]3O[C@@H](O)[C@H](O)[C@H](O)[C@H]3O)O[C@@H]2CO)O[C@H](CO)[C@H](O)[C@@H]1O. The highest BCUT2D eigenvalue weighted by molar-refractivity contribution is 5.73. The molecule has 3 rings (SSSR count). The van der Waals surface area contributed by atoms with E-state index in [1.165, 1.54) is 0 Å². The fourth-order valence-corrected chi connectivity index (χ4v) is 4.41. The van der Waals surface area contributed by atoms with E-state index in [1.54, 1.807) is 0 Å². The molecule has 37 heavy (non-hydrogen) atoms. The standard InChI is InChI=1S/C20H36N2O15/c1-5(25)22-10-14(29)11(26)6(2-23)35-20(10)37-17-7(3-24)36-19(9(21)13(17)28)33-4-8-12(27)15(30)16(31)18(32)34-8/h6-20,23-24,26-32H,2-4,21H2,1H3,(H,22,25)/t6-,7-,8+,9-,10-,11+,12+,13+,14-,15-,16-,17-,18-,19-,20+/m1/s1. The number of ether oxygens (including phenoxy) is 5. The molecule has 3 heterocycles. The average Bonchev–Trinajstić information content (AvgIpc) is 2.86. The summed E-state index contributed by atoms with van der Waals surface area (Å²) in [6, 6.07) is -2.66. The van der Waals surface area contributed by atoms with E-state index in [1.807, 2.05) is 0 Å². The van der Waals surface area contributed by atoms with E-state index in [0.717, 1.165) is 6.92 Å². The molecular weight excluding hydrogens is 508 g/mol. The summed E-state index contributed by atoms with van der Waals surface area (Å²) in [6.45, 7) is -0.794. The largest absolute Gasteiger partial charge is 0.394 e. The topological polar surface area (TPSA) is 283 Å². The lowest BCUT2D eigenvalue weighted by Crippen LogP contribution is -2.68. The molecule has 0 aromatic heterocycles. The second-order valence-corrected chi connectivity index (χ2v) is 9.20. The lowest BCUT2D eigenvalue weighted by Gasteiger charge is -2.47. The van der Waals surface area contributed by atoms with Crippen molar-refractivity contribution < 1.29 is 74.4 Å². The number of nitrogens with two attached hydrogens (primary N) is 1. The third kappa shape index (κ3) is 6.55. The fourth-order valence-electron chi connectivity index (χ4n) is 4.41. The molecule has 0 aromatic carbocycles. The molecule has 0 saturated carbocycles. The number of nitrogens with one attached hydrogen (secondary N) is 1. The van der Waals surface area contributed by atoms with E-state index in [2.05, 4.69) is 5.32 Å². The predicted octanol–water partition coefficient (Wildman–Crippen LogP) is -7.46. The first-order valence-corrected chi connectivity index (χ1v) is 11.7. The van der Waals surface area contributed by atoms with Crippen LogP contribution in [0.1, 0.15) is 6.92 Å². The Morgan fingerprint density at radius 1 is 0.784 bits per heavy atom. The highest BCUT2D eigenvalue weighted by atomic mass is 16.7. The van der Waals surface area contributed by atoms with Gasteiger partial charge in [-0.1, -0.05) is 0 Å². The van der Waals surface area contributed by atoms with Crippen molar-refractivity contribution in [1.82, 2.24) is 5.32 Å². The molecule has 17 nitrogen and oxygen atoms in total. The maximum atomic E-state index is 11.6. The molecule has 216 valence electrons. The van der Waals surface area contributed by atoms with Crippen LogP contribution in [0.2, 0.25) is 0 Å². The van der Waals surface area contributed by atoms with Crippen molar-refractivity contribution in [3.63, 3.8) is 0 Å². The Morgan fingerprint density at radius 3 is 1.97 bits per heavy atom. The van der Waals surface area contributed by atoms with Crippen LogP contribution in [0.5, 0.6) is 0 Å². The Balaban J connectivity index is 1.69. The molecule has 15 atom stereocenters. The fraction of sp³-hybridized carbons (Fsp3) is 0.950. The van der Waals surface area contributed by atoms with Crippen LogP contribution in [0.4, 0.5) is 0 Å². The van der Waals surface area contributed by atoms with Gasteiger partial charge in [0, 0.05) is 6.92 Å². The number of aliphatic hydroxyl groups is 9. The third-order valence-corrected chi connectivity index (χ3v) is 6.55. The third-order valence-electron chi connectivity index (χ3n) is 6.55. The van der Waals surface area contributed by atoms with Crippen molar-refractivity contribution >= 4 is 5.91 Å². The molecule has 3 saturated heterocycles. The Labute approximate surface area is 210 Å². The zero-order valence-corrected chi connectivity index (χ0v) is 19.8. The van der Waals surface area contributed by atoms with Crippen molar-refractivity contribution in [1.29, 1.82) is 0 Å². The van der Waals surface area contributed by atoms with Gasteiger partial charge in [0.15, 0.2) is 18.9 Å². The van der Waals surface area contributed by atoms with Gasteiger partial charge in [0.1, 0.15) is 67.1 Å². The Hall–Kier alpha value is -1.13. The summed E-state index contributed by atoms with van der Waals surface area (Å²) in [5.41, 5.74) is 6.04.